The van der Waals surface area contributed by atoms with E-state index >= 15 is 0 Å². The van der Waals surface area contributed by atoms with Crippen LogP contribution in [0.3, 0.4) is 0 Å². The van der Waals surface area contributed by atoms with Gasteiger partial charge in [-0.2, -0.15) is 0 Å². The summed E-state index contributed by atoms with van der Waals surface area (Å²) < 4.78 is 4.65. The lowest BCUT2D eigenvalue weighted by Crippen LogP contribution is -2.07. The number of carbonyl (C=O) groups is 1. The number of rotatable bonds is 12. The fourth-order valence-electron chi connectivity index (χ4n) is 3.64. The predicted octanol–water partition coefficient (Wildman–Crippen LogP) is 6.81. The summed E-state index contributed by atoms with van der Waals surface area (Å²) in [6, 6.07) is 19.5. The Kier molecular flexibility index (Phi) is 9.47. The molecule has 0 bridgehead atoms. The second-order valence-electron chi connectivity index (χ2n) is 7.08. The minimum atomic E-state index is -1.19. The maximum Gasteiger partial charge on any atom is 0.505 e. The highest BCUT2D eigenvalue weighted by Crippen LogP contribution is 2.32. The predicted molar refractivity (Wildman–Crippen MR) is 110 cm³/mol. The van der Waals surface area contributed by atoms with Crippen LogP contribution in [0.1, 0.15) is 74.5 Å². The van der Waals surface area contributed by atoms with Crippen molar-refractivity contribution in [3.05, 3.63) is 71.3 Å². The largest absolute Gasteiger partial charge is 0.505 e. The van der Waals surface area contributed by atoms with E-state index in [2.05, 4.69) is 66.3 Å². The standard InChI is InChI=1S/C24H32O3/c1-2-3-4-6-13-21-16-9-10-17-22(21)23(20-14-7-5-8-15-20)18-11-12-19-27-24(25)26/h5,7-10,14-17,23H,2-4,6,11-13,18-19H2,1H3,(H,25,26). The summed E-state index contributed by atoms with van der Waals surface area (Å²) in [7, 11) is 0. The Balaban J connectivity index is 2.09. The first-order valence-corrected chi connectivity index (χ1v) is 10.2. The third kappa shape index (κ3) is 7.46. The molecule has 0 amide bonds. The Labute approximate surface area is 163 Å². The second kappa shape index (κ2) is 12.2. The van der Waals surface area contributed by atoms with Crippen molar-refractivity contribution in [2.75, 3.05) is 6.61 Å². The SMILES string of the molecule is CCCCCCc1ccccc1C(CCCCOC(=O)O)c1ccccc1. The summed E-state index contributed by atoms with van der Waals surface area (Å²) >= 11 is 0. The average Bonchev–Trinajstić information content (AvgIpc) is 2.69. The lowest BCUT2D eigenvalue weighted by Gasteiger charge is -2.21. The van der Waals surface area contributed by atoms with E-state index < -0.39 is 6.16 Å². The Morgan fingerprint density at radius 2 is 1.67 bits per heavy atom. The van der Waals surface area contributed by atoms with E-state index in [0.29, 0.717) is 5.92 Å². The number of aryl methyl sites for hydroxylation is 1. The molecule has 0 aliphatic carbocycles. The van der Waals surface area contributed by atoms with Gasteiger partial charge in [0.15, 0.2) is 0 Å². The molecular weight excluding hydrogens is 336 g/mol. The van der Waals surface area contributed by atoms with Crippen molar-refractivity contribution in [3.63, 3.8) is 0 Å². The summed E-state index contributed by atoms with van der Waals surface area (Å²) in [4.78, 5) is 10.5. The normalized spacial score (nSPS) is 11.9. The number of unbranched alkanes of at least 4 members (excludes halogenated alkanes) is 4. The quantitative estimate of drug-likeness (QED) is 0.331. The summed E-state index contributed by atoms with van der Waals surface area (Å²) in [5.41, 5.74) is 4.20. The van der Waals surface area contributed by atoms with Gasteiger partial charge in [-0.25, -0.2) is 4.79 Å². The molecule has 0 fully saturated rings. The van der Waals surface area contributed by atoms with Crippen LogP contribution in [0.2, 0.25) is 0 Å². The van der Waals surface area contributed by atoms with E-state index in [4.69, 9.17) is 5.11 Å². The van der Waals surface area contributed by atoms with Crippen LogP contribution in [-0.4, -0.2) is 17.9 Å². The minimum absolute atomic E-state index is 0.273. The first kappa shape index (κ1) is 21.0. The zero-order valence-electron chi connectivity index (χ0n) is 16.4. The molecule has 2 aromatic rings. The second-order valence-corrected chi connectivity index (χ2v) is 7.08. The third-order valence-electron chi connectivity index (χ3n) is 5.04. The van der Waals surface area contributed by atoms with Gasteiger partial charge in [0, 0.05) is 5.92 Å². The molecule has 3 heteroatoms. The Morgan fingerprint density at radius 1 is 0.926 bits per heavy atom. The molecule has 0 saturated carbocycles. The Morgan fingerprint density at radius 3 is 2.41 bits per heavy atom. The molecule has 1 unspecified atom stereocenters. The third-order valence-corrected chi connectivity index (χ3v) is 5.04. The smallest absolute Gasteiger partial charge is 0.450 e. The van der Waals surface area contributed by atoms with Gasteiger partial charge in [0.1, 0.15) is 0 Å². The van der Waals surface area contributed by atoms with Crippen LogP contribution in [0.5, 0.6) is 0 Å². The van der Waals surface area contributed by atoms with Crippen molar-refractivity contribution < 1.29 is 14.6 Å². The fourth-order valence-corrected chi connectivity index (χ4v) is 3.64. The summed E-state index contributed by atoms with van der Waals surface area (Å²) in [5.74, 6) is 0.346. The van der Waals surface area contributed by atoms with E-state index in [-0.39, 0.29) is 6.61 Å². The van der Waals surface area contributed by atoms with Crippen molar-refractivity contribution in [3.8, 4) is 0 Å². The average molecular weight is 369 g/mol. The molecule has 2 aromatic carbocycles. The van der Waals surface area contributed by atoms with Gasteiger partial charge in [-0.1, -0.05) is 80.8 Å². The molecule has 0 saturated heterocycles. The van der Waals surface area contributed by atoms with Gasteiger partial charge in [0.25, 0.3) is 0 Å². The van der Waals surface area contributed by atoms with E-state index in [9.17, 15) is 4.79 Å². The lowest BCUT2D eigenvalue weighted by atomic mass is 9.83. The van der Waals surface area contributed by atoms with E-state index in [1.807, 2.05) is 0 Å². The monoisotopic (exact) mass is 368 g/mol. The number of carboxylic acid groups (broad SMARTS) is 1. The summed E-state index contributed by atoms with van der Waals surface area (Å²) in [6.07, 6.45) is 7.71. The molecule has 0 radical (unpaired) electrons. The van der Waals surface area contributed by atoms with Gasteiger partial charge in [0.2, 0.25) is 0 Å². The lowest BCUT2D eigenvalue weighted by molar-refractivity contribution is 0.0899. The number of hydrogen-bond acceptors (Lipinski definition) is 2. The molecule has 0 heterocycles. The number of benzene rings is 2. The zero-order chi connectivity index (χ0) is 19.3. The molecule has 1 atom stereocenters. The van der Waals surface area contributed by atoms with Crippen LogP contribution in [0, 0.1) is 0 Å². The van der Waals surface area contributed by atoms with Gasteiger partial charge < -0.3 is 9.84 Å². The van der Waals surface area contributed by atoms with Crippen molar-refractivity contribution in [2.24, 2.45) is 0 Å². The van der Waals surface area contributed by atoms with Crippen molar-refractivity contribution in [2.45, 2.75) is 64.2 Å². The van der Waals surface area contributed by atoms with Gasteiger partial charge in [-0.3, -0.25) is 0 Å². The maximum atomic E-state index is 10.5. The molecule has 0 aromatic heterocycles. The van der Waals surface area contributed by atoms with Crippen LogP contribution in [0.15, 0.2) is 54.6 Å². The van der Waals surface area contributed by atoms with Gasteiger partial charge in [-0.15, -0.1) is 0 Å². The van der Waals surface area contributed by atoms with Crippen molar-refractivity contribution in [1.82, 2.24) is 0 Å². The molecular formula is C24H32O3. The highest BCUT2D eigenvalue weighted by Gasteiger charge is 2.17. The minimum Gasteiger partial charge on any atom is -0.450 e. The van der Waals surface area contributed by atoms with E-state index in [0.717, 1.165) is 25.7 Å². The van der Waals surface area contributed by atoms with Gasteiger partial charge in [-0.05, 0) is 48.8 Å². The first-order valence-electron chi connectivity index (χ1n) is 10.2. The molecule has 0 spiro atoms. The topological polar surface area (TPSA) is 46.5 Å². The van der Waals surface area contributed by atoms with Gasteiger partial charge >= 0.3 is 6.16 Å². The van der Waals surface area contributed by atoms with Crippen molar-refractivity contribution in [1.29, 1.82) is 0 Å². The zero-order valence-corrected chi connectivity index (χ0v) is 16.4. The van der Waals surface area contributed by atoms with Crippen LogP contribution >= 0.6 is 0 Å². The maximum absolute atomic E-state index is 10.5. The van der Waals surface area contributed by atoms with E-state index in [1.54, 1.807) is 0 Å². The molecule has 2 rings (SSSR count). The molecule has 1 N–H and O–H groups in total. The fraction of sp³-hybridized carbons (Fsp3) is 0.458. The molecule has 3 nitrogen and oxygen atoms in total. The van der Waals surface area contributed by atoms with E-state index in [1.165, 1.54) is 42.4 Å². The van der Waals surface area contributed by atoms with Crippen LogP contribution in [0.4, 0.5) is 4.79 Å². The number of ether oxygens (including phenoxy) is 1. The first-order chi connectivity index (χ1) is 13.2. The molecule has 27 heavy (non-hydrogen) atoms. The van der Waals surface area contributed by atoms with Crippen LogP contribution < -0.4 is 0 Å². The Hall–Kier alpha value is -2.29. The van der Waals surface area contributed by atoms with Gasteiger partial charge in [0.05, 0.1) is 6.61 Å². The summed E-state index contributed by atoms with van der Waals surface area (Å²) in [5, 5.41) is 8.61. The van der Waals surface area contributed by atoms with Crippen LogP contribution in [-0.2, 0) is 11.2 Å². The highest BCUT2D eigenvalue weighted by atomic mass is 16.7. The molecule has 0 aliphatic rings. The highest BCUT2D eigenvalue weighted by molar-refractivity contribution is 5.56. The number of hydrogen-bond donors (Lipinski definition) is 1. The van der Waals surface area contributed by atoms with Crippen LogP contribution in [0.25, 0.3) is 0 Å². The Bertz CT molecular complexity index is 666. The van der Waals surface area contributed by atoms with Crippen molar-refractivity contribution >= 4 is 6.16 Å². The molecule has 0 aliphatic heterocycles. The molecule has 146 valence electrons. The summed E-state index contributed by atoms with van der Waals surface area (Å²) in [6.45, 7) is 2.52.